The quantitative estimate of drug-likeness (QED) is 0.520. The van der Waals surface area contributed by atoms with Gasteiger partial charge in [0, 0.05) is 32.2 Å². The van der Waals surface area contributed by atoms with Gasteiger partial charge in [0.05, 0.1) is 17.1 Å². The second-order valence-corrected chi connectivity index (χ2v) is 9.38. The van der Waals surface area contributed by atoms with Gasteiger partial charge in [-0.05, 0) is 38.8 Å². The third-order valence-electron chi connectivity index (χ3n) is 5.28. The fourth-order valence-corrected chi connectivity index (χ4v) is 5.28. The lowest BCUT2D eigenvalue weighted by molar-refractivity contribution is -0.122. The van der Waals surface area contributed by atoms with E-state index in [2.05, 4.69) is 4.90 Å². The maximum Gasteiger partial charge on any atom is 0.270 e. The molecule has 0 bridgehead atoms. The molecule has 2 fully saturated rings. The molecule has 3 rings (SSSR count). The van der Waals surface area contributed by atoms with Crippen molar-refractivity contribution in [1.29, 1.82) is 5.26 Å². The van der Waals surface area contributed by atoms with Crippen LogP contribution in [0.2, 0.25) is 0 Å². The zero-order valence-electron chi connectivity index (χ0n) is 17.9. The van der Waals surface area contributed by atoms with Gasteiger partial charge in [0.25, 0.3) is 11.5 Å². The number of carbonyl (C=O) groups is 1. The van der Waals surface area contributed by atoms with Crippen molar-refractivity contribution in [3.8, 4) is 6.07 Å². The Balaban J connectivity index is 2.20. The number of anilines is 1. The number of pyridine rings is 1. The first-order valence-electron chi connectivity index (χ1n) is 9.99. The van der Waals surface area contributed by atoms with E-state index >= 15 is 0 Å². The van der Waals surface area contributed by atoms with Gasteiger partial charge < -0.3 is 9.64 Å². The summed E-state index contributed by atoms with van der Waals surface area (Å²) < 4.78 is 7.89. The Hall–Kier alpha value is -2.15. The Labute approximate surface area is 186 Å². The summed E-state index contributed by atoms with van der Waals surface area (Å²) in [4.78, 5) is 30.0. The molecule has 0 aliphatic carbocycles. The summed E-state index contributed by atoms with van der Waals surface area (Å²) in [5, 5.41) is 9.58. The van der Waals surface area contributed by atoms with Crippen molar-refractivity contribution in [2.45, 2.75) is 46.3 Å². The summed E-state index contributed by atoms with van der Waals surface area (Å²) in [6.45, 7) is 9.54. The molecule has 1 amide bonds. The smallest absolute Gasteiger partial charge is 0.270 e. The predicted octanol–water partition coefficient (Wildman–Crippen LogP) is 2.79. The van der Waals surface area contributed by atoms with Crippen molar-refractivity contribution < 1.29 is 9.53 Å². The summed E-state index contributed by atoms with van der Waals surface area (Å²) in [5.41, 5.74) is 1.02. The van der Waals surface area contributed by atoms with Crippen LogP contribution in [0.3, 0.4) is 0 Å². The largest absolute Gasteiger partial charge is 0.372 e. The molecule has 2 aliphatic heterocycles. The number of amides is 1. The van der Waals surface area contributed by atoms with Crippen LogP contribution < -0.4 is 10.5 Å². The lowest BCUT2D eigenvalue weighted by Gasteiger charge is -2.38. The predicted molar refractivity (Wildman–Crippen MR) is 124 cm³/mol. The fourth-order valence-electron chi connectivity index (χ4n) is 3.99. The van der Waals surface area contributed by atoms with E-state index in [0.29, 0.717) is 45.8 Å². The highest BCUT2D eigenvalue weighted by Gasteiger charge is 2.33. The average molecular weight is 447 g/mol. The zero-order chi connectivity index (χ0) is 22.2. The van der Waals surface area contributed by atoms with E-state index in [-0.39, 0.29) is 29.2 Å². The van der Waals surface area contributed by atoms with E-state index in [0.717, 1.165) is 6.42 Å². The maximum absolute atomic E-state index is 12.9. The number of aromatic nitrogens is 1. The topological polar surface area (TPSA) is 78.6 Å². The molecule has 0 aromatic carbocycles. The molecule has 9 heteroatoms. The number of rotatable bonds is 4. The van der Waals surface area contributed by atoms with Crippen molar-refractivity contribution >= 4 is 46.1 Å². The molecule has 3 heterocycles. The van der Waals surface area contributed by atoms with E-state index in [1.54, 1.807) is 24.9 Å². The number of carbonyl (C=O) groups excluding carboxylic acids is 1. The highest BCUT2D eigenvalue weighted by atomic mass is 32.2. The first-order chi connectivity index (χ1) is 14.2. The third kappa shape index (κ3) is 4.04. The van der Waals surface area contributed by atoms with Crippen LogP contribution in [0.4, 0.5) is 5.82 Å². The van der Waals surface area contributed by atoms with Gasteiger partial charge in [-0.15, -0.1) is 0 Å². The molecule has 0 saturated carbocycles. The molecule has 0 radical (unpaired) electrons. The molecule has 0 unspecified atom stereocenters. The molecule has 0 N–H and O–H groups in total. The van der Waals surface area contributed by atoms with Crippen LogP contribution >= 0.6 is 24.0 Å². The van der Waals surface area contributed by atoms with Gasteiger partial charge in [-0.1, -0.05) is 30.9 Å². The number of nitrogens with zero attached hydrogens (tertiary/aromatic N) is 4. The van der Waals surface area contributed by atoms with Crippen molar-refractivity contribution in [3.05, 3.63) is 31.9 Å². The lowest BCUT2D eigenvalue weighted by Crippen LogP contribution is -2.47. The molecule has 1 aromatic rings. The average Bonchev–Trinajstić information content (AvgIpc) is 2.93. The first-order valence-corrected chi connectivity index (χ1v) is 11.2. The number of thioether (sulfide) groups is 1. The molecule has 7 nitrogen and oxygen atoms in total. The number of thiocarbonyl (C=S) groups is 1. The first kappa shape index (κ1) is 22.5. The van der Waals surface area contributed by atoms with E-state index in [4.69, 9.17) is 17.0 Å². The van der Waals surface area contributed by atoms with Crippen LogP contribution in [0.1, 0.15) is 43.9 Å². The Morgan fingerprint density at radius 2 is 1.93 bits per heavy atom. The van der Waals surface area contributed by atoms with E-state index < -0.39 is 0 Å². The standard InChI is InChI=1S/C21H26N4O3S2/c1-6-7-25-20(27)17(30-21(25)29)8-15-14(4)16(9-22)19(26)23(5)18(15)24-10-12(2)28-13(3)11-24/h8,12-13H,6-7,10-11H2,1-5H3/b17-8-/t12-,13-/m1/s1. The molecule has 2 saturated heterocycles. The maximum atomic E-state index is 12.9. The summed E-state index contributed by atoms with van der Waals surface area (Å²) in [6.07, 6.45) is 2.59. The Kier molecular flexibility index (Phi) is 6.70. The van der Waals surface area contributed by atoms with Crippen molar-refractivity contribution in [2.75, 3.05) is 24.5 Å². The molecule has 2 aliphatic rings. The molecule has 2 atom stereocenters. The van der Waals surface area contributed by atoms with Crippen LogP contribution in [0.15, 0.2) is 9.70 Å². The van der Waals surface area contributed by atoms with Gasteiger partial charge in [-0.2, -0.15) is 5.26 Å². The lowest BCUT2D eigenvalue weighted by atomic mass is 10.0. The van der Waals surface area contributed by atoms with Crippen molar-refractivity contribution in [3.63, 3.8) is 0 Å². The number of ether oxygens (including phenoxy) is 1. The minimum Gasteiger partial charge on any atom is -0.372 e. The van der Waals surface area contributed by atoms with Crippen molar-refractivity contribution in [1.82, 2.24) is 9.47 Å². The zero-order valence-corrected chi connectivity index (χ0v) is 19.5. The van der Waals surface area contributed by atoms with Crippen LogP contribution in [0.25, 0.3) is 6.08 Å². The number of nitriles is 1. The van der Waals surface area contributed by atoms with Crippen LogP contribution in [-0.2, 0) is 16.6 Å². The van der Waals surface area contributed by atoms with Crippen LogP contribution in [0, 0.1) is 18.3 Å². The van der Waals surface area contributed by atoms with Gasteiger partial charge >= 0.3 is 0 Å². The highest BCUT2D eigenvalue weighted by molar-refractivity contribution is 8.26. The normalized spacial score (nSPS) is 23.4. The summed E-state index contributed by atoms with van der Waals surface area (Å²) in [6, 6.07) is 2.03. The molecule has 1 aromatic heterocycles. The molecule has 30 heavy (non-hydrogen) atoms. The number of hydrogen-bond donors (Lipinski definition) is 0. The minimum atomic E-state index is -0.340. The van der Waals surface area contributed by atoms with Crippen LogP contribution in [0.5, 0.6) is 0 Å². The minimum absolute atomic E-state index is 0.00424. The Morgan fingerprint density at radius 3 is 2.50 bits per heavy atom. The van der Waals surface area contributed by atoms with E-state index in [1.807, 2.05) is 26.8 Å². The van der Waals surface area contributed by atoms with E-state index in [9.17, 15) is 14.9 Å². The second kappa shape index (κ2) is 8.92. The van der Waals surface area contributed by atoms with Gasteiger partial charge in [0.2, 0.25) is 0 Å². The highest BCUT2D eigenvalue weighted by Crippen LogP contribution is 2.36. The number of morpholine rings is 1. The van der Waals surface area contributed by atoms with Gasteiger partial charge in [0.1, 0.15) is 21.8 Å². The fraction of sp³-hybridized carbons (Fsp3) is 0.524. The summed E-state index contributed by atoms with van der Waals surface area (Å²) in [5.74, 6) is 0.563. The monoisotopic (exact) mass is 446 g/mol. The molecular formula is C21H26N4O3S2. The Morgan fingerprint density at radius 1 is 1.30 bits per heavy atom. The summed E-state index contributed by atoms with van der Waals surface area (Å²) in [7, 11) is 1.67. The molecule has 160 valence electrons. The Bertz CT molecular complexity index is 1010. The molecular weight excluding hydrogens is 420 g/mol. The second-order valence-electron chi connectivity index (χ2n) is 7.71. The van der Waals surface area contributed by atoms with Gasteiger partial charge in [-0.3, -0.25) is 19.1 Å². The number of hydrogen-bond acceptors (Lipinski definition) is 7. The van der Waals surface area contributed by atoms with Gasteiger partial charge in [-0.25, -0.2) is 0 Å². The van der Waals surface area contributed by atoms with Crippen LogP contribution in [-0.4, -0.2) is 51.5 Å². The summed E-state index contributed by atoms with van der Waals surface area (Å²) >= 11 is 6.65. The van der Waals surface area contributed by atoms with Crippen molar-refractivity contribution in [2.24, 2.45) is 7.05 Å². The van der Waals surface area contributed by atoms with E-state index in [1.165, 1.54) is 16.3 Å². The molecule has 0 spiro atoms. The third-order valence-corrected chi connectivity index (χ3v) is 6.66. The SMILES string of the molecule is CCCN1C(=O)/C(=C/c2c(C)c(C#N)c(=O)n(C)c2N2C[C@@H](C)O[C@H](C)C2)SC1=S. The van der Waals surface area contributed by atoms with Gasteiger partial charge in [0.15, 0.2) is 0 Å².